The molecule has 4 unspecified atom stereocenters. The van der Waals surface area contributed by atoms with E-state index in [9.17, 15) is 0 Å². The third-order valence-electron chi connectivity index (χ3n) is 6.62. The first-order chi connectivity index (χ1) is 6.86. The van der Waals surface area contributed by atoms with Gasteiger partial charge in [0, 0.05) is 5.41 Å². The Bertz CT molecular complexity index is 304. The summed E-state index contributed by atoms with van der Waals surface area (Å²) in [7, 11) is 0. The van der Waals surface area contributed by atoms with E-state index in [-0.39, 0.29) is 5.60 Å². The molecule has 3 fully saturated rings. The molecule has 1 aliphatic heterocycles. The Morgan fingerprint density at radius 2 is 1.73 bits per heavy atom. The number of epoxide rings is 1. The fourth-order valence-corrected chi connectivity index (χ4v) is 4.75. The quantitative estimate of drug-likeness (QED) is 0.554. The molecule has 3 rings (SSSR count). The Morgan fingerprint density at radius 3 is 2.33 bits per heavy atom. The van der Waals surface area contributed by atoms with Crippen LogP contribution in [0.5, 0.6) is 0 Å². The van der Waals surface area contributed by atoms with Gasteiger partial charge in [0.2, 0.25) is 0 Å². The van der Waals surface area contributed by atoms with E-state index in [1.807, 2.05) is 0 Å². The lowest BCUT2D eigenvalue weighted by Crippen LogP contribution is -2.42. The second-order valence-electron chi connectivity index (χ2n) is 7.07. The van der Waals surface area contributed by atoms with E-state index in [2.05, 4.69) is 34.6 Å². The SMILES string of the molecule is CC1C2CCCC3OC32C(C)(C)C1(C)C. The van der Waals surface area contributed by atoms with Crippen LogP contribution in [0.25, 0.3) is 0 Å². The molecule has 1 saturated heterocycles. The van der Waals surface area contributed by atoms with Gasteiger partial charge in [0.1, 0.15) is 5.60 Å². The second kappa shape index (κ2) is 2.45. The monoisotopic (exact) mass is 208 g/mol. The van der Waals surface area contributed by atoms with Crippen LogP contribution in [-0.2, 0) is 4.74 Å². The van der Waals surface area contributed by atoms with Crippen LogP contribution in [0.2, 0.25) is 0 Å². The first-order valence-corrected chi connectivity index (χ1v) is 6.53. The largest absolute Gasteiger partial charge is 0.365 e. The van der Waals surface area contributed by atoms with Crippen molar-refractivity contribution in [3.8, 4) is 0 Å². The van der Waals surface area contributed by atoms with Crippen LogP contribution < -0.4 is 0 Å². The molecule has 0 radical (unpaired) electrons. The normalized spacial score (nSPS) is 54.6. The minimum absolute atomic E-state index is 0.258. The molecule has 1 heteroatoms. The van der Waals surface area contributed by atoms with Gasteiger partial charge in [0.05, 0.1) is 6.10 Å². The number of hydrogen-bond donors (Lipinski definition) is 0. The number of ether oxygens (including phenoxy) is 1. The molecule has 0 aromatic rings. The van der Waals surface area contributed by atoms with Crippen LogP contribution in [0.3, 0.4) is 0 Å². The molecular weight excluding hydrogens is 184 g/mol. The lowest BCUT2D eigenvalue weighted by Gasteiger charge is -2.40. The molecule has 0 bridgehead atoms. The summed E-state index contributed by atoms with van der Waals surface area (Å²) in [4.78, 5) is 0. The molecule has 0 aromatic carbocycles. The molecule has 0 N–H and O–H groups in total. The van der Waals surface area contributed by atoms with E-state index in [0.29, 0.717) is 16.9 Å². The lowest BCUT2D eigenvalue weighted by molar-refractivity contribution is 0.0572. The van der Waals surface area contributed by atoms with Crippen molar-refractivity contribution >= 4 is 0 Å². The van der Waals surface area contributed by atoms with Crippen LogP contribution in [-0.4, -0.2) is 11.7 Å². The van der Waals surface area contributed by atoms with Crippen LogP contribution in [0.1, 0.15) is 53.9 Å². The van der Waals surface area contributed by atoms with Crippen molar-refractivity contribution in [2.24, 2.45) is 22.7 Å². The molecular formula is C14H24O. The Balaban J connectivity index is 2.10. The highest BCUT2D eigenvalue weighted by atomic mass is 16.6. The first-order valence-electron chi connectivity index (χ1n) is 6.53. The summed E-state index contributed by atoms with van der Waals surface area (Å²) in [6.07, 6.45) is 4.68. The maximum Gasteiger partial charge on any atom is 0.103 e. The highest BCUT2D eigenvalue weighted by molar-refractivity contribution is 5.26. The molecule has 3 aliphatic rings. The maximum absolute atomic E-state index is 6.21. The van der Waals surface area contributed by atoms with Gasteiger partial charge in [0.25, 0.3) is 0 Å². The molecule has 4 atom stereocenters. The van der Waals surface area contributed by atoms with Crippen LogP contribution in [0.15, 0.2) is 0 Å². The molecule has 2 saturated carbocycles. The van der Waals surface area contributed by atoms with Crippen LogP contribution in [0.4, 0.5) is 0 Å². The highest BCUT2D eigenvalue weighted by Gasteiger charge is 2.79. The number of rotatable bonds is 0. The second-order valence-corrected chi connectivity index (χ2v) is 7.07. The lowest BCUT2D eigenvalue weighted by atomic mass is 9.63. The summed E-state index contributed by atoms with van der Waals surface area (Å²) in [6, 6.07) is 0. The van der Waals surface area contributed by atoms with E-state index < -0.39 is 0 Å². The first kappa shape index (κ1) is 10.1. The maximum atomic E-state index is 6.21. The van der Waals surface area contributed by atoms with Gasteiger partial charge in [0.15, 0.2) is 0 Å². The van der Waals surface area contributed by atoms with Gasteiger partial charge in [-0.15, -0.1) is 0 Å². The van der Waals surface area contributed by atoms with E-state index in [4.69, 9.17) is 4.74 Å². The van der Waals surface area contributed by atoms with E-state index >= 15 is 0 Å². The molecule has 1 heterocycles. The minimum atomic E-state index is 0.258. The van der Waals surface area contributed by atoms with Crippen LogP contribution in [0, 0.1) is 22.7 Å². The molecule has 15 heavy (non-hydrogen) atoms. The van der Waals surface area contributed by atoms with E-state index in [0.717, 1.165) is 11.8 Å². The predicted octanol–water partition coefficient (Wildman–Crippen LogP) is 3.63. The van der Waals surface area contributed by atoms with Crippen molar-refractivity contribution in [2.45, 2.75) is 65.6 Å². The van der Waals surface area contributed by atoms with E-state index in [1.54, 1.807) is 0 Å². The summed E-state index contributed by atoms with van der Waals surface area (Å²) in [5.41, 5.74) is 1.01. The fraction of sp³-hybridized carbons (Fsp3) is 1.00. The van der Waals surface area contributed by atoms with Gasteiger partial charge in [-0.2, -0.15) is 0 Å². The van der Waals surface area contributed by atoms with Gasteiger partial charge in [-0.25, -0.2) is 0 Å². The van der Waals surface area contributed by atoms with Gasteiger partial charge in [-0.1, -0.05) is 41.0 Å². The van der Waals surface area contributed by atoms with Crippen molar-refractivity contribution in [3.05, 3.63) is 0 Å². The molecule has 0 amide bonds. The molecule has 86 valence electrons. The average Bonchev–Trinajstić information content (AvgIpc) is 2.88. The van der Waals surface area contributed by atoms with Gasteiger partial charge in [-0.3, -0.25) is 0 Å². The predicted molar refractivity (Wildman–Crippen MR) is 61.7 cm³/mol. The summed E-state index contributed by atoms with van der Waals surface area (Å²) < 4.78 is 6.21. The molecule has 0 aromatic heterocycles. The summed E-state index contributed by atoms with van der Waals surface area (Å²) in [5, 5.41) is 0. The van der Waals surface area contributed by atoms with Crippen molar-refractivity contribution in [3.63, 3.8) is 0 Å². The number of hydrogen-bond acceptors (Lipinski definition) is 1. The highest BCUT2D eigenvalue weighted by Crippen LogP contribution is 2.75. The summed E-state index contributed by atoms with van der Waals surface area (Å²) >= 11 is 0. The summed E-state index contributed by atoms with van der Waals surface area (Å²) in [6.45, 7) is 12.2. The van der Waals surface area contributed by atoms with E-state index in [1.165, 1.54) is 19.3 Å². The zero-order chi connectivity index (χ0) is 11.1. The smallest absolute Gasteiger partial charge is 0.103 e. The Kier molecular flexibility index (Phi) is 1.65. The minimum Gasteiger partial charge on any atom is -0.365 e. The van der Waals surface area contributed by atoms with Gasteiger partial charge >= 0.3 is 0 Å². The van der Waals surface area contributed by atoms with Crippen molar-refractivity contribution in [2.75, 3.05) is 0 Å². The zero-order valence-corrected chi connectivity index (χ0v) is 10.8. The third-order valence-corrected chi connectivity index (χ3v) is 6.62. The Labute approximate surface area is 93.6 Å². The van der Waals surface area contributed by atoms with Crippen molar-refractivity contribution < 1.29 is 4.74 Å². The molecule has 1 spiro atoms. The molecule has 2 aliphatic carbocycles. The Morgan fingerprint density at radius 1 is 1.07 bits per heavy atom. The van der Waals surface area contributed by atoms with Crippen molar-refractivity contribution in [1.82, 2.24) is 0 Å². The van der Waals surface area contributed by atoms with Crippen molar-refractivity contribution in [1.29, 1.82) is 0 Å². The third kappa shape index (κ3) is 0.833. The topological polar surface area (TPSA) is 12.5 Å². The average molecular weight is 208 g/mol. The fourth-order valence-electron chi connectivity index (χ4n) is 4.75. The van der Waals surface area contributed by atoms with Crippen LogP contribution >= 0.6 is 0 Å². The van der Waals surface area contributed by atoms with Gasteiger partial charge in [-0.05, 0) is 30.1 Å². The Hall–Kier alpha value is -0.0400. The molecule has 1 nitrogen and oxygen atoms in total. The summed E-state index contributed by atoms with van der Waals surface area (Å²) in [5.74, 6) is 1.62. The van der Waals surface area contributed by atoms with Gasteiger partial charge < -0.3 is 4.74 Å². The standard InChI is InChI=1S/C14H24O/c1-9-10-7-6-8-11-14(10,15-11)13(4,5)12(9,2)3/h9-11H,6-8H2,1-5H3. The zero-order valence-electron chi connectivity index (χ0n) is 10.8.